The first kappa shape index (κ1) is 19.2. The van der Waals surface area contributed by atoms with Crippen LogP contribution < -0.4 is 11.1 Å². The number of ether oxygens (including phenoxy) is 1. The van der Waals surface area contributed by atoms with Crippen LogP contribution in [-0.2, 0) is 22.7 Å². The highest BCUT2D eigenvalue weighted by Gasteiger charge is 2.40. The van der Waals surface area contributed by atoms with Crippen LogP contribution in [0.3, 0.4) is 0 Å². The van der Waals surface area contributed by atoms with Crippen LogP contribution >= 0.6 is 12.4 Å². The van der Waals surface area contributed by atoms with Crippen molar-refractivity contribution in [2.75, 3.05) is 7.11 Å². The van der Waals surface area contributed by atoms with Gasteiger partial charge in [-0.25, -0.2) is 0 Å². The van der Waals surface area contributed by atoms with Crippen molar-refractivity contribution >= 4 is 18.3 Å². The molecule has 2 unspecified atom stereocenters. The predicted molar refractivity (Wildman–Crippen MR) is 97.8 cm³/mol. The molecule has 0 saturated heterocycles. The molecule has 5 heteroatoms. The highest BCUT2D eigenvalue weighted by atomic mass is 35.5. The molecule has 1 aromatic carbocycles. The lowest BCUT2D eigenvalue weighted by Gasteiger charge is -2.43. The molecule has 2 aliphatic rings. The van der Waals surface area contributed by atoms with Crippen molar-refractivity contribution in [3.63, 3.8) is 0 Å². The largest absolute Gasteiger partial charge is 0.380 e. The van der Waals surface area contributed by atoms with E-state index in [0.717, 1.165) is 24.0 Å². The molecule has 0 aromatic heterocycles. The summed E-state index contributed by atoms with van der Waals surface area (Å²) in [5.74, 6) is 1.45. The van der Waals surface area contributed by atoms with Gasteiger partial charge in [-0.2, -0.15) is 0 Å². The minimum absolute atomic E-state index is 0. The predicted octanol–water partition coefficient (Wildman–Crippen LogP) is 3.02. The standard InChI is InChI=1S/C19H28N2O2.ClH/c1-23-12-14-7-5-13(6-8-14)11-21-19(22)17-9-15-3-2-4-16(10-17)18(15)20;/h5-8,15-18H,2-4,9-12,20H2,1H3,(H,21,22);1H. The van der Waals surface area contributed by atoms with Gasteiger partial charge < -0.3 is 15.8 Å². The van der Waals surface area contributed by atoms with Crippen molar-refractivity contribution < 1.29 is 9.53 Å². The number of halogens is 1. The number of carbonyl (C=O) groups excluding carboxylic acids is 1. The molecule has 134 valence electrons. The number of nitrogens with one attached hydrogen (secondary N) is 1. The zero-order valence-corrected chi connectivity index (χ0v) is 15.2. The second-order valence-electron chi connectivity index (χ2n) is 7.16. The Morgan fingerprint density at radius 3 is 2.33 bits per heavy atom. The third-order valence-corrected chi connectivity index (χ3v) is 5.58. The number of hydrogen-bond donors (Lipinski definition) is 2. The molecule has 24 heavy (non-hydrogen) atoms. The van der Waals surface area contributed by atoms with Crippen molar-refractivity contribution in [3.8, 4) is 0 Å². The van der Waals surface area contributed by atoms with Crippen LogP contribution in [0.5, 0.6) is 0 Å². The van der Waals surface area contributed by atoms with E-state index < -0.39 is 0 Å². The minimum Gasteiger partial charge on any atom is -0.380 e. The van der Waals surface area contributed by atoms with Crippen molar-refractivity contribution in [3.05, 3.63) is 35.4 Å². The molecule has 0 aliphatic heterocycles. The summed E-state index contributed by atoms with van der Waals surface area (Å²) < 4.78 is 5.11. The fourth-order valence-corrected chi connectivity index (χ4v) is 4.26. The van der Waals surface area contributed by atoms with Gasteiger partial charge in [-0.15, -0.1) is 12.4 Å². The molecule has 2 aliphatic carbocycles. The highest BCUT2D eigenvalue weighted by molar-refractivity contribution is 5.85. The number of rotatable bonds is 5. The van der Waals surface area contributed by atoms with Crippen LogP contribution in [0.15, 0.2) is 24.3 Å². The van der Waals surface area contributed by atoms with Crippen molar-refractivity contribution in [2.45, 2.75) is 51.3 Å². The average molecular weight is 353 g/mol. The van der Waals surface area contributed by atoms with Crippen molar-refractivity contribution in [1.29, 1.82) is 0 Å². The van der Waals surface area contributed by atoms with Gasteiger partial charge in [-0.1, -0.05) is 30.7 Å². The second-order valence-corrected chi connectivity index (χ2v) is 7.16. The topological polar surface area (TPSA) is 64.3 Å². The zero-order valence-electron chi connectivity index (χ0n) is 14.4. The Labute approximate surface area is 150 Å². The third kappa shape index (κ3) is 4.50. The first-order chi connectivity index (χ1) is 11.2. The molecule has 0 radical (unpaired) electrons. The van der Waals surface area contributed by atoms with Crippen LogP contribution in [0.25, 0.3) is 0 Å². The van der Waals surface area contributed by atoms with Crippen LogP contribution in [0.4, 0.5) is 0 Å². The van der Waals surface area contributed by atoms with E-state index in [1.54, 1.807) is 7.11 Å². The molecule has 2 saturated carbocycles. The summed E-state index contributed by atoms with van der Waals surface area (Å²) in [5, 5.41) is 3.11. The average Bonchev–Trinajstić information content (AvgIpc) is 2.54. The molecular formula is C19H29ClN2O2. The van der Waals surface area contributed by atoms with Gasteiger partial charge in [0.05, 0.1) is 6.61 Å². The number of fused-ring (bicyclic) bond motifs is 2. The maximum absolute atomic E-state index is 12.5. The smallest absolute Gasteiger partial charge is 0.223 e. The monoisotopic (exact) mass is 352 g/mol. The zero-order chi connectivity index (χ0) is 16.2. The van der Waals surface area contributed by atoms with Gasteiger partial charge in [0.25, 0.3) is 0 Å². The molecule has 0 spiro atoms. The summed E-state index contributed by atoms with van der Waals surface area (Å²) in [7, 11) is 1.69. The van der Waals surface area contributed by atoms with Crippen LogP contribution in [0.2, 0.25) is 0 Å². The van der Waals surface area contributed by atoms with E-state index in [2.05, 4.69) is 29.6 Å². The number of hydrogen-bond acceptors (Lipinski definition) is 3. The maximum Gasteiger partial charge on any atom is 0.223 e. The van der Waals surface area contributed by atoms with E-state index in [-0.39, 0.29) is 24.2 Å². The van der Waals surface area contributed by atoms with E-state index >= 15 is 0 Å². The Balaban J connectivity index is 0.00000208. The summed E-state index contributed by atoms with van der Waals surface area (Å²) in [6.07, 6.45) is 5.61. The van der Waals surface area contributed by atoms with Gasteiger partial charge in [-0.3, -0.25) is 4.79 Å². The van der Waals surface area contributed by atoms with E-state index in [9.17, 15) is 4.79 Å². The molecule has 1 aromatic rings. The lowest BCUT2D eigenvalue weighted by molar-refractivity contribution is -0.128. The van der Waals surface area contributed by atoms with E-state index in [1.807, 2.05) is 0 Å². The van der Waals surface area contributed by atoms with Gasteiger partial charge in [0, 0.05) is 25.6 Å². The number of carbonyl (C=O) groups is 1. The van der Waals surface area contributed by atoms with Crippen LogP contribution in [0.1, 0.15) is 43.2 Å². The Kier molecular flexibility index (Phi) is 7.08. The van der Waals surface area contributed by atoms with Gasteiger partial charge in [0.1, 0.15) is 0 Å². The van der Waals surface area contributed by atoms with Crippen molar-refractivity contribution in [2.24, 2.45) is 23.5 Å². The first-order valence-corrected chi connectivity index (χ1v) is 8.77. The minimum atomic E-state index is 0. The van der Waals surface area contributed by atoms with E-state index in [4.69, 9.17) is 10.5 Å². The number of benzene rings is 1. The number of amides is 1. The summed E-state index contributed by atoms with van der Waals surface area (Å²) >= 11 is 0. The van der Waals surface area contributed by atoms with Gasteiger partial charge in [0.2, 0.25) is 5.91 Å². The fraction of sp³-hybridized carbons (Fsp3) is 0.632. The van der Waals surface area contributed by atoms with Gasteiger partial charge in [-0.05, 0) is 48.6 Å². The molecule has 4 nitrogen and oxygen atoms in total. The Hall–Kier alpha value is -1.10. The lowest BCUT2D eigenvalue weighted by Crippen LogP contribution is -2.49. The second kappa shape index (κ2) is 8.84. The first-order valence-electron chi connectivity index (χ1n) is 8.77. The fourth-order valence-electron chi connectivity index (χ4n) is 4.26. The Morgan fingerprint density at radius 1 is 1.17 bits per heavy atom. The molecule has 2 fully saturated rings. The molecule has 1 amide bonds. The van der Waals surface area contributed by atoms with E-state index in [0.29, 0.717) is 31.0 Å². The molecule has 2 atom stereocenters. The Morgan fingerprint density at radius 2 is 1.75 bits per heavy atom. The number of methoxy groups -OCH3 is 1. The maximum atomic E-state index is 12.5. The number of nitrogens with two attached hydrogens (primary N) is 1. The van der Waals surface area contributed by atoms with Crippen LogP contribution in [0, 0.1) is 17.8 Å². The molecular weight excluding hydrogens is 324 g/mol. The van der Waals surface area contributed by atoms with Crippen LogP contribution in [-0.4, -0.2) is 19.1 Å². The molecule has 2 bridgehead atoms. The SMILES string of the molecule is COCc1ccc(CNC(=O)C2CC3CCCC(C2)C3N)cc1.Cl. The molecule has 3 rings (SSSR count). The van der Waals surface area contributed by atoms with E-state index in [1.165, 1.54) is 19.3 Å². The quantitative estimate of drug-likeness (QED) is 0.856. The van der Waals surface area contributed by atoms with Crippen molar-refractivity contribution in [1.82, 2.24) is 5.32 Å². The highest BCUT2D eigenvalue weighted by Crippen LogP contribution is 2.41. The molecule has 0 heterocycles. The summed E-state index contributed by atoms with van der Waals surface area (Å²) in [4.78, 5) is 12.5. The Bertz CT molecular complexity index is 521. The summed E-state index contributed by atoms with van der Waals surface area (Å²) in [6.45, 7) is 1.22. The molecule has 3 N–H and O–H groups in total. The van der Waals surface area contributed by atoms with Gasteiger partial charge in [0.15, 0.2) is 0 Å². The lowest BCUT2D eigenvalue weighted by atomic mass is 9.65. The summed E-state index contributed by atoms with van der Waals surface area (Å²) in [5.41, 5.74) is 8.59. The summed E-state index contributed by atoms with van der Waals surface area (Å²) in [6, 6.07) is 8.53. The normalized spacial score (nSPS) is 28.8. The third-order valence-electron chi connectivity index (χ3n) is 5.58. The van der Waals surface area contributed by atoms with Gasteiger partial charge >= 0.3 is 0 Å².